The van der Waals surface area contributed by atoms with Gasteiger partial charge in [0.15, 0.2) is 5.79 Å². The van der Waals surface area contributed by atoms with Crippen LogP contribution in [0.2, 0.25) is 0 Å². The van der Waals surface area contributed by atoms with E-state index in [9.17, 15) is 70.2 Å². The van der Waals surface area contributed by atoms with Gasteiger partial charge in [0.1, 0.15) is 6.10 Å². The Bertz CT molecular complexity index is 703. The quantitative estimate of drug-likeness (QED) is 0.374. The Morgan fingerprint density at radius 1 is 0.727 bits per heavy atom. The first kappa shape index (κ1) is 29.8. The molecule has 4 nitrogen and oxygen atoms in total. The molecule has 0 spiro atoms. The first-order chi connectivity index (χ1) is 14.2. The van der Waals surface area contributed by atoms with Crippen molar-refractivity contribution in [3.05, 3.63) is 0 Å². The van der Waals surface area contributed by atoms with Crippen LogP contribution in [0.25, 0.3) is 0 Å². The zero-order chi connectivity index (χ0) is 26.7. The molecule has 198 valence electrons. The van der Waals surface area contributed by atoms with Crippen LogP contribution in [-0.4, -0.2) is 67.1 Å². The lowest BCUT2D eigenvalue weighted by atomic mass is 10.1. The van der Waals surface area contributed by atoms with E-state index < -0.39 is 67.1 Å². The van der Waals surface area contributed by atoms with Gasteiger partial charge in [0, 0.05) is 0 Å². The average molecular weight is 534 g/mol. The molecule has 1 heterocycles. The zero-order valence-electron chi connectivity index (χ0n) is 15.5. The summed E-state index contributed by atoms with van der Waals surface area (Å²) in [5.74, 6) is -23.1. The van der Waals surface area contributed by atoms with Crippen LogP contribution < -0.4 is 0 Å². The zero-order valence-corrected chi connectivity index (χ0v) is 15.5. The Kier molecular flexibility index (Phi) is 7.34. The molecule has 20 heteroatoms. The normalized spacial score (nSPS) is 24.6. The molecule has 0 radical (unpaired) electrons. The van der Waals surface area contributed by atoms with Gasteiger partial charge in [0.05, 0.1) is 6.61 Å². The van der Waals surface area contributed by atoms with Gasteiger partial charge in [-0.05, 0) is 13.8 Å². The van der Waals surface area contributed by atoms with Crippen LogP contribution in [-0.2, 0) is 18.9 Å². The standard InChI is InChI=1S/C13H10F16O4/c1-6(2)30-3-4(31-6)7(16,5(14)15)32-13(28,29)9(19,11(23,24)25)33-12(26,27)8(17,18)10(20,21)22/h4-5H,3H2,1-2H3. The van der Waals surface area contributed by atoms with Gasteiger partial charge >= 0.3 is 42.2 Å². The van der Waals surface area contributed by atoms with E-state index in [1.54, 1.807) is 0 Å². The predicted molar refractivity (Wildman–Crippen MR) is 67.7 cm³/mol. The van der Waals surface area contributed by atoms with Crippen molar-refractivity contribution in [2.24, 2.45) is 0 Å². The largest absolute Gasteiger partial charge is 0.462 e. The number of hydrogen-bond acceptors (Lipinski definition) is 4. The minimum absolute atomic E-state index is 0.828. The van der Waals surface area contributed by atoms with Gasteiger partial charge in [-0.1, -0.05) is 0 Å². The fraction of sp³-hybridized carbons (Fsp3) is 1.00. The molecule has 0 aliphatic carbocycles. The van der Waals surface area contributed by atoms with Gasteiger partial charge in [-0.25, -0.2) is 13.2 Å². The summed E-state index contributed by atoms with van der Waals surface area (Å²) in [6.45, 7) is 0.169. The first-order valence-electron chi connectivity index (χ1n) is 7.82. The highest BCUT2D eigenvalue weighted by atomic mass is 19.4. The van der Waals surface area contributed by atoms with E-state index in [4.69, 9.17) is 0 Å². The minimum atomic E-state index is -7.75. The minimum Gasteiger partial charge on any atom is -0.348 e. The van der Waals surface area contributed by atoms with Crippen molar-refractivity contribution in [1.82, 2.24) is 0 Å². The lowest BCUT2D eigenvalue weighted by molar-refractivity contribution is -0.548. The highest BCUT2D eigenvalue weighted by Gasteiger charge is 2.84. The molecule has 33 heavy (non-hydrogen) atoms. The van der Waals surface area contributed by atoms with E-state index in [1.165, 1.54) is 4.74 Å². The molecule has 3 atom stereocenters. The molecule has 0 bridgehead atoms. The smallest absolute Gasteiger partial charge is 0.348 e. The molecule has 1 rings (SSSR count). The maximum Gasteiger partial charge on any atom is 0.462 e. The van der Waals surface area contributed by atoms with Gasteiger partial charge in [0.25, 0.3) is 6.43 Å². The second kappa shape index (κ2) is 8.14. The Morgan fingerprint density at radius 3 is 1.48 bits per heavy atom. The molecule has 3 unspecified atom stereocenters. The third-order valence-electron chi connectivity index (χ3n) is 3.76. The number of alkyl halides is 16. The summed E-state index contributed by atoms with van der Waals surface area (Å²) in [6, 6.07) is 0. The molecule has 1 fully saturated rings. The topological polar surface area (TPSA) is 36.9 Å². The summed E-state index contributed by atoms with van der Waals surface area (Å²) in [5.41, 5.74) is 0. The van der Waals surface area contributed by atoms with Crippen molar-refractivity contribution in [1.29, 1.82) is 0 Å². The van der Waals surface area contributed by atoms with Crippen molar-refractivity contribution in [3.8, 4) is 0 Å². The first-order valence-corrected chi connectivity index (χ1v) is 7.82. The third kappa shape index (κ3) is 5.21. The van der Waals surface area contributed by atoms with Crippen LogP contribution in [0.5, 0.6) is 0 Å². The predicted octanol–water partition coefficient (Wildman–Crippen LogP) is 5.71. The molecule has 0 saturated carbocycles. The van der Waals surface area contributed by atoms with Crippen molar-refractivity contribution in [3.63, 3.8) is 0 Å². The Balaban J connectivity index is 3.51. The van der Waals surface area contributed by atoms with Crippen molar-refractivity contribution in [2.75, 3.05) is 6.61 Å². The van der Waals surface area contributed by atoms with Gasteiger partial charge in [-0.15, -0.1) is 0 Å². The third-order valence-corrected chi connectivity index (χ3v) is 3.76. The Hall–Kier alpha value is -1.28. The summed E-state index contributed by atoms with van der Waals surface area (Å²) >= 11 is 0. The molecule has 0 aromatic rings. The van der Waals surface area contributed by atoms with E-state index in [0.29, 0.717) is 0 Å². The van der Waals surface area contributed by atoms with E-state index >= 15 is 0 Å². The average Bonchev–Trinajstić information content (AvgIpc) is 2.91. The van der Waals surface area contributed by atoms with E-state index in [1.807, 2.05) is 0 Å². The fourth-order valence-electron chi connectivity index (χ4n) is 2.08. The highest BCUT2D eigenvalue weighted by molar-refractivity contribution is 4.96. The number of rotatable bonds is 8. The van der Waals surface area contributed by atoms with Crippen LogP contribution in [0.3, 0.4) is 0 Å². The summed E-state index contributed by atoms with van der Waals surface area (Å²) in [7, 11) is 0. The van der Waals surface area contributed by atoms with Crippen LogP contribution in [0.4, 0.5) is 70.2 Å². The molecule has 0 amide bonds. The molecule has 0 N–H and O–H groups in total. The van der Waals surface area contributed by atoms with Gasteiger partial charge in [-0.3, -0.25) is 9.47 Å². The molecular formula is C13H10F16O4. The van der Waals surface area contributed by atoms with Crippen LogP contribution in [0.15, 0.2) is 0 Å². The lowest BCUT2D eigenvalue weighted by Gasteiger charge is -2.41. The summed E-state index contributed by atoms with van der Waals surface area (Å²) in [4.78, 5) is 0. The fourth-order valence-corrected chi connectivity index (χ4v) is 2.08. The van der Waals surface area contributed by atoms with Crippen LogP contribution in [0.1, 0.15) is 13.8 Å². The van der Waals surface area contributed by atoms with E-state index in [2.05, 4.69) is 14.2 Å². The number of ether oxygens (including phenoxy) is 4. The lowest BCUT2D eigenvalue weighted by Crippen LogP contribution is -2.67. The van der Waals surface area contributed by atoms with Crippen molar-refractivity contribution >= 4 is 0 Å². The van der Waals surface area contributed by atoms with Gasteiger partial charge in [0.2, 0.25) is 0 Å². The number of hydrogen-bond donors (Lipinski definition) is 0. The highest BCUT2D eigenvalue weighted by Crippen LogP contribution is 2.56. The van der Waals surface area contributed by atoms with Crippen LogP contribution in [0, 0.1) is 0 Å². The van der Waals surface area contributed by atoms with Gasteiger partial charge in [-0.2, -0.15) is 57.1 Å². The molecular weight excluding hydrogens is 524 g/mol. The second-order valence-electron chi connectivity index (χ2n) is 6.72. The SMILES string of the molecule is CC1(C)OCC(C(F)(OC(F)(F)C(F)(OC(F)(F)C(F)(F)C(F)(F)F)C(F)(F)F)C(F)F)O1. The number of halogens is 16. The van der Waals surface area contributed by atoms with E-state index in [0.717, 1.165) is 13.8 Å². The van der Waals surface area contributed by atoms with Gasteiger partial charge < -0.3 is 9.47 Å². The molecule has 0 aromatic carbocycles. The maximum atomic E-state index is 14.5. The molecule has 1 saturated heterocycles. The monoisotopic (exact) mass is 534 g/mol. The maximum absolute atomic E-state index is 14.5. The summed E-state index contributed by atoms with van der Waals surface area (Å²) < 4.78 is 222. The molecule has 1 aliphatic heterocycles. The van der Waals surface area contributed by atoms with E-state index in [-0.39, 0.29) is 0 Å². The molecule has 1 aliphatic rings. The molecule has 0 aromatic heterocycles. The Labute approximate surface area is 171 Å². The van der Waals surface area contributed by atoms with Crippen molar-refractivity contribution in [2.45, 2.75) is 74.4 Å². The summed E-state index contributed by atoms with van der Waals surface area (Å²) in [5, 5.41) is 0. The second-order valence-corrected chi connectivity index (χ2v) is 6.72. The summed E-state index contributed by atoms with van der Waals surface area (Å²) in [6.07, 6.45) is -38.5. The van der Waals surface area contributed by atoms with Crippen LogP contribution >= 0.6 is 0 Å². The Morgan fingerprint density at radius 2 is 1.18 bits per heavy atom. The van der Waals surface area contributed by atoms with Crippen molar-refractivity contribution < 1.29 is 89.2 Å².